The van der Waals surface area contributed by atoms with Crippen LogP contribution in [0.2, 0.25) is 0 Å². The molecule has 0 spiro atoms. The molecule has 1 aromatic heterocycles. The Morgan fingerprint density at radius 3 is 2.76 bits per heavy atom. The third kappa shape index (κ3) is 3.46. The molecule has 1 N–H and O–H groups in total. The van der Waals surface area contributed by atoms with E-state index in [1.54, 1.807) is 0 Å². The second kappa shape index (κ2) is 5.80. The van der Waals surface area contributed by atoms with Crippen molar-refractivity contribution in [2.45, 2.75) is 59.0 Å². The highest BCUT2D eigenvalue weighted by atomic mass is 15.3. The van der Waals surface area contributed by atoms with Crippen LogP contribution in [0.15, 0.2) is 24.3 Å². The second-order valence-corrected chi connectivity index (χ2v) is 7.10. The molecule has 1 aliphatic carbocycles. The zero-order valence-electron chi connectivity index (χ0n) is 13.5. The highest BCUT2D eigenvalue weighted by Gasteiger charge is 2.24. The van der Waals surface area contributed by atoms with E-state index in [9.17, 15) is 0 Å². The van der Waals surface area contributed by atoms with E-state index >= 15 is 0 Å². The first-order valence-corrected chi connectivity index (χ1v) is 8.27. The fourth-order valence-corrected chi connectivity index (χ4v) is 3.01. The number of benzene rings is 1. The maximum atomic E-state index is 4.84. The van der Waals surface area contributed by atoms with E-state index in [0.29, 0.717) is 0 Å². The van der Waals surface area contributed by atoms with Crippen LogP contribution in [0.25, 0.3) is 10.9 Å². The van der Waals surface area contributed by atoms with Gasteiger partial charge in [-0.2, -0.15) is 5.10 Å². The summed E-state index contributed by atoms with van der Waals surface area (Å²) >= 11 is 0. The van der Waals surface area contributed by atoms with Gasteiger partial charge in [0, 0.05) is 18.0 Å². The molecule has 2 aromatic rings. The van der Waals surface area contributed by atoms with Gasteiger partial charge < -0.3 is 5.32 Å². The third-order valence-corrected chi connectivity index (χ3v) is 4.49. The molecular formula is C18H27N3. The maximum Gasteiger partial charge on any atom is 0.0708 e. The van der Waals surface area contributed by atoms with Crippen LogP contribution in [0.3, 0.4) is 0 Å². The molecule has 114 valence electrons. The molecule has 3 nitrogen and oxygen atoms in total. The SMILES string of the molecule is CCn1nc(CC(C)(C)CCNC2CC2)c2ccccc21. The van der Waals surface area contributed by atoms with E-state index in [4.69, 9.17) is 5.10 Å². The molecule has 0 saturated heterocycles. The summed E-state index contributed by atoms with van der Waals surface area (Å²) in [5.74, 6) is 0. The van der Waals surface area contributed by atoms with Crippen LogP contribution in [0, 0.1) is 5.41 Å². The fourth-order valence-electron chi connectivity index (χ4n) is 3.01. The lowest BCUT2D eigenvalue weighted by Crippen LogP contribution is -2.25. The van der Waals surface area contributed by atoms with Gasteiger partial charge >= 0.3 is 0 Å². The minimum atomic E-state index is 0.289. The summed E-state index contributed by atoms with van der Waals surface area (Å²) in [4.78, 5) is 0. The third-order valence-electron chi connectivity index (χ3n) is 4.49. The van der Waals surface area contributed by atoms with Crippen LogP contribution < -0.4 is 5.32 Å². The molecule has 21 heavy (non-hydrogen) atoms. The Hall–Kier alpha value is -1.35. The summed E-state index contributed by atoms with van der Waals surface area (Å²) in [6.07, 6.45) is 4.99. The van der Waals surface area contributed by atoms with Crippen molar-refractivity contribution in [1.82, 2.24) is 15.1 Å². The standard InChI is InChI=1S/C18H27N3/c1-4-21-17-8-6-5-7-15(17)16(20-21)13-18(2,3)11-12-19-14-9-10-14/h5-8,14,19H,4,9-13H2,1-3H3. The van der Waals surface area contributed by atoms with Crippen molar-refractivity contribution in [2.75, 3.05) is 6.54 Å². The van der Waals surface area contributed by atoms with Gasteiger partial charge in [-0.3, -0.25) is 4.68 Å². The maximum absolute atomic E-state index is 4.84. The molecule has 1 heterocycles. The second-order valence-electron chi connectivity index (χ2n) is 7.10. The van der Waals surface area contributed by atoms with Crippen molar-refractivity contribution in [3.05, 3.63) is 30.0 Å². The predicted molar refractivity (Wildman–Crippen MR) is 88.5 cm³/mol. The minimum Gasteiger partial charge on any atom is -0.314 e. The van der Waals surface area contributed by atoms with Crippen LogP contribution in [0.5, 0.6) is 0 Å². The molecule has 0 aliphatic heterocycles. The number of hydrogen-bond acceptors (Lipinski definition) is 2. The van der Waals surface area contributed by atoms with Crippen LogP contribution in [-0.2, 0) is 13.0 Å². The van der Waals surface area contributed by atoms with Crippen LogP contribution in [-0.4, -0.2) is 22.4 Å². The topological polar surface area (TPSA) is 29.9 Å². The van der Waals surface area contributed by atoms with Gasteiger partial charge in [-0.05, 0) is 50.6 Å². The molecule has 0 unspecified atom stereocenters. The van der Waals surface area contributed by atoms with Crippen LogP contribution in [0.1, 0.15) is 45.7 Å². The molecule has 1 fully saturated rings. The van der Waals surface area contributed by atoms with Crippen LogP contribution >= 0.6 is 0 Å². The van der Waals surface area contributed by atoms with Gasteiger partial charge in [0.15, 0.2) is 0 Å². The van der Waals surface area contributed by atoms with Gasteiger partial charge in [0.25, 0.3) is 0 Å². The molecule has 3 rings (SSSR count). The molecule has 0 atom stereocenters. The molecule has 1 aliphatic rings. The normalized spacial score (nSPS) is 15.8. The van der Waals surface area contributed by atoms with E-state index in [1.165, 1.54) is 35.9 Å². The van der Waals surface area contributed by atoms with Crippen molar-refractivity contribution >= 4 is 10.9 Å². The van der Waals surface area contributed by atoms with Crippen molar-refractivity contribution in [3.63, 3.8) is 0 Å². The number of nitrogens with one attached hydrogen (secondary N) is 1. The highest BCUT2D eigenvalue weighted by Crippen LogP contribution is 2.29. The lowest BCUT2D eigenvalue weighted by atomic mass is 9.83. The van der Waals surface area contributed by atoms with E-state index in [1.807, 2.05) is 0 Å². The zero-order chi connectivity index (χ0) is 14.9. The Kier molecular flexibility index (Phi) is 4.03. The van der Waals surface area contributed by atoms with E-state index in [0.717, 1.165) is 25.6 Å². The summed E-state index contributed by atoms with van der Waals surface area (Å²) in [5, 5.41) is 9.79. The van der Waals surface area contributed by atoms with Gasteiger partial charge in [0.1, 0.15) is 0 Å². The first kappa shape index (κ1) is 14.6. The molecule has 1 saturated carbocycles. The first-order valence-electron chi connectivity index (χ1n) is 8.27. The summed E-state index contributed by atoms with van der Waals surface area (Å²) in [6, 6.07) is 9.42. The van der Waals surface area contributed by atoms with E-state index < -0.39 is 0 Å². The number of para-hydroxylation sites is 1. The lowest BCUT2D eigenvalue weighted by Gasteiger charge is -2.24. The number of aromatic nitrogens is 2. The summed E-state index contributed by atoms with van der Waals surface area (Å²) < 4.78 is 2.13. The van der Waals surface area contributed by atoms with Crippen molar-refractivity contribution < 1.29 is 0 Å². The van der Waals surface area contributed by atoms with Crippen LogP contribution in [0.4, 0.5) is 0 Å². The minimum absolute atomic E-state index is 0.289. The summed E-state index contributed by atoms with van der Waals surface area (Å²) in [6.45, 7) is 8.95. The predicted octanol–water partition coefficient (Wildman–Crippen LogP) is 3.77. The highest BCUT2D eigenvalue weighted by molar-refractivity contribution is 5.82. The first-order chi connectivity index (χ1) is 10.1. The average Bonchev–Trinajstić information content (AvgIpc) is 3.21. The molecule has 3 heteroatoms. The quantitative estimate of drug-likeness (QED) is 0.839. The zero-order valence-corrected chi connectivity index (χ0v) is 13.5. The van der Waals surface area contributed by atoms with Crippen molar-refractivity contribution in [3.8, 4) is 0 Å². The van der Waals surface area contributed by atoms with Gasteiger partial charge in [-0.25, -0.2) is 0 Å². The monoisotopic (exact) mass is 285 g/mol. The number of rotatable bonds is 7. The fraction of sp³-hybridized carbons (Fsp3) is 0.611. The van der Waals surface area contributed by atoms with Gasteiger partial charge in [-0.15, -0.1) is 0 Å². The molecule has 1 aromatic carbocycles. The largest absolute Gasteiger partial charge is 0.314 e. The average molecular weight is 285 g/mol. The van der Waals surface area contributed by atoms with E-state index in [-0.39, 0.29) is 5.41 Å². The Labute approximate surface area is 127 Å². The number of nitrogens with zero attached hydrogens (tertiary/aromatic N) is 2. The van der Waals surface area contributed by atoms with Gasteiger partial charge in [-0.1, -0.05) is 32.0 Å². The van der Waals surface area contributed by atoms with Gasteiger partial charge in [0.05, 0.1) is 11.2 Å². The van der Waals surface area contributed by atoms with Gasteiger partial charge in [0.2, 0.25) is 0 Å². The lowest BCUT2D eigenvalue weighted by molar-refractivity contribution is 0.321. The molecule has 0 radical (unpaired) electrons. The van der Waals surface area contributed by atoms with Crippen molar-refractivity contribution in [2.24, 2.45) is 5.41 Å². The Morgan fingerprint density at radius 1 is 1.29 bits per heavy atom. The number of hydrogen-bond donors (Lipinski definition) is 1. The van der Waals surface area contributed by atoms with Crippen molar-refractivity contribution in [1.29, 1.82) is 0 Å². The number of aryl methyl sites for hydroxylation is 1. The van der Waals surface area contributed by atoms with E-state index in [2.05, 4.69) is 55.0 Å². The summed E-state index contributed by atoms with van der Waals surface area (Å²) in [7, 11) is 0. The Morgan fingerprint density at radius 2 is 2.05 bits per heavy atom. The molecule has 0 bridgehead atoms. The Bertz CT molecular complexity index is 608. The molecular weight excluding hydrogens is 258 g/mol. The number of fused-ring (bicyclic) bond motifs is 1. The Balaban J connectivity index is 1.73. The molecule has 0 amide bonds. The summed E-state index contributed by atoms with van der Waals surface area (Å²) in [5.41, 5.74) is 2.81. The smallest absolute Gasteiger partial charge is 0.0708 e.